The lowest BCUT2D eigenvalue weighted by molar-refractivity contribution is -0.122. The predicted molar refractivity (Wildman–Crippen MR) is 108 cm³/mol. The lowest BCUT2D eigenvalue weighted by atomic mass is 10.1. The van der Waals surface area contributed by atoms with E-state index in [-0.39, 0.29) is 18.7 Å². The van der Waals surface area contributed by atoms with Crippen LogP contribution in [-0.2, 0) is 17.8 Å². The summed E-state index contributed by atoms with van der Waals surface area (Å²) < 4.78 is 1.11. The summed E-state index contributed by atoms with van der Waals surface area (Å²) in [6.45, 7) is -0.431. The maximum absolute atomic E-state index is 12.4. The van der Waals surface area contributed by atoms with Crippen LogP contribution in [0.3, 0.4) is 0 Å². The average Bonchev–Trinajstić information content (AvgIpc) is 2.70. The van der Waals surface area contributed by atoms with E-state index in [2.05, 4.69) is 10.4 Å². The molecule has 0 unspecified atom stereocenters. The topological polar surface area (TPSA) is 84.2 Å². The maximum Gasteiger partial charge on any atom is 0.267 e. The Morgan fingerprint density at radius 2 is 1.79 bits per heavy atom. The second-order valence-electron chi connectivity index (χ2n) is 6.36. The van der Waals surface area contributed by atoms with Gasteiger partial charge in [-0.1, -0.05) is 54.1 Å². The van der Waals surface area contributed by atoms with E-state index in [1.807, 2.05) is 30.3 Å². The standard InChI is InChI=1S/C21H20ClN3O3/c22-17-8-6-16(7-9-17)19-10-11-21(28)25(24-19)13-20(27)23-18(14-26)12-15-4-2-1-3-5-15/h1-11,18,26H,12-14H2,(H,23,27)/t18-/m1/s1. The summed E-state index contributed by atoms with van der Waals surface area (Å²) >= 11 is 5.90. The van der Waals surface area contributed by atoms with E-state index in [0.29, 0.717) is 17.1 Å². The number of carbonyl (C=O) groups excluding carboxylic acids is 1. The molecule has 0 aliphatic carbocycles. The molecule has 0 radical (unpaired) electrons. The highest BCUT2D eigenvalue weighted by atomic mass is 35.5. The molecule has 0 saturated carbocycles. The van der Waals surface area contributed by atoms with E-state index in [1.54, 1.807) is 30.3 Å². The van der Waals surface area contributed by atoms with Crippen molar-refractivity contribution in [2.24, 2.45) is 0 Å². The van der Waals surface area contributed by atoms with E-state index < -0.39 is 11.9 Å². The Morgan fingerprint density at radius 1 is 1.07 bits per heavy atom. The van der Waals surface area contributed by atoms with Crippen molar-refractivity contribution < 1.29 is 9.90 Å². The van der Waals surface area contributed by atoms with Crippen LogP contribution in [0.2, 0.25) is 5.02 Å². The first-order chi connectivity index (χ1) is 13.5. The molecule has 144 valence electrons. The van der Waals surface area contributed by atoms with Crippen LogP contribution in [0, 0.1) is 0 Å². The summed E-state index contributed by atoms with van der Waals surface area (Å²) in [5.41, 5.74) is 1.97. The number of nitrogens with zero attached hydrogens (tertiary/aromatic N) is 2. The van der Waals surface area contributed by atoms with Crippen molar-refractivity contribution in [3.63, 3.8) is 0 Å². The van der Waals surface area contributed by atoms with E-state index >= 15 is 0 Å². The summed E-state index contributed by atoms with van der Waals surface area (Å²) in [6, 6.07) is 19.1. The van der Waals surface area contributed by atoms with Gasteiger partial charge in [0.25, 0.3) is 5.56 Å². The first-order valence-electron chi connectivity index (χ1n) is 8.83. The first-order valence-corrected chi connectivity index (χ1v) is 9.21. The molecule has 2 aromatic carbocycles. The third-order valence-electron chi connectivity index (χ3n) is 4.21. The molecule has 3 rings (SSSR count). The Balaban J connectivity index is 1.70. The molecular formula is C21H20ClN3O3. The van der Waals surface area contributed by atoms with Gasteiger partial charge in [0.15, 0.2) is 0 Å². The van der Waals surface area contributed by atoms with Crippen molar-refractivity contribution in [1.29, 1.82) is 0 Å². The van der Waals surface area contributed by atoms with Crippen molar-refractivity contribution in [2.45, 2.75) is 19.0 Å². The third kappa shape index (κ3) is 5.28. The molecule has 1 amide bonds. The Hall–Kier alpha value is -2.96. The molecule has 6 nitrogen and oxygen atoms in total. The Kier molecular flexibility index (Phi) is 6.57. The van der Waals surface area contributed by atoms with Gasteiger partial charge in [-0.2, -0.15) is 5.10 Å². The molecule has 1 atom stereocenters. The fourth-order valence-electron chi connectivity index (χ4n) is 2.81. The highest BCUT2D eigenvalue weighted by molar-refractivity contribution is 6.30. The second kappa shape index (κ2) is 9.30. The van der Waals surface area contributed by atoms with Gasteiger partial charge in [0.05, 0.1) is 18.3 Å². The number of hydrogen-bond donors (Lipinski definition) is 2. The fraction of sp³-hybridized carbons (Fsp3) is 0.190. The van der Waals surface area contributed by atoms with Crippen LogP contribution in [-0.4, -0.2) is 33.4 Å². The molecule has 0 aliphatic heterocycles. The molecule has 28 heavy (non-hydrogen) atoms. The second-order valence-corrected chi connectivity index (χ2v) is 6.79. The fourth-order valence-corrected chi connectivity index (χ4v) is 2.93. The van der Waals surface area contributed by atoms with Gasteiger partial charge >= 0.3 is 0 Å². The number of aromatic nitrogens is 2. The van der Waals surface area contributed by atoms with Crippen LogP contribution < -0.4 is 10.9 Å². The summed E-state index contributed by atoms with van der Waals surface area (Å²) in [4.78, 5) is 24.5. The molecule has 3 aromatic rings. The maximum atomic E-state index is 12.4. The van der Waals surface area contributed by atoms with E-state index in [4.69, 9.17) is 11.6 Å². The monoisotopic (exact) mass is 397 g/mol. The zero-order chi connectivity index (χ0) is 19.9. The van der Waals surface area contributed by atoms with Crippen molar-refractivity contribution in [2.75, 3.05) is 6.61 Å². The highest BCUT2D eigenvalue weighted by Gasteiger charge is 2.14. The van der Waals surface area contributed by atoms with Gasteiger partial charge in [-0.15, -0.1) is 0 Å². The Morgan fingerprint density at radius 3 is 2.46 bits per heavy atom. The number of rotatable bonds is 7. The zero-order valence-corrected chi connectivity index (χ0v) is 15.8. The molecule has 1 heterocycles. The van der Waals surface area contributed by atoms with Crippen LogP contribution >= 0.6 is 11.6 Å². The van der Waals surface area contributed by atoms with Crippen LogP contribution in [0.4, 0.5) is 0 Å². The quantitative estimate of drug-likeness (QED) is 0.640. The minimum Gasteiger partial charge on any atom is -0.394 e. The van der Waals surface area contributed by atoms with Gasteiger partial charge in [0, 0.05) is 16.7 Å². The van der Waals surface area contributed by atoms with Crippen LogP contribution in [0.5, 0.6) is 0 Å². The SMILES string of the molecule is O=C(Cn1nc(-c2ccc(Cl)cc2)ccc1=O)N[C@@H](CO)Cc1ccccc1. The van der Waals surface area contributed by atoms with E-state index in [1.165, 1.54) is 6.07 Å². The molecule has 1 aromatic heterocycles. The third-order valence-corrected chi connectivity index (χ3v) is 4.46. The van der Waals surface area contributed by atoms with Gasteiger partial charge in [0.1, 0.15) is 6.54 Å². The molecule has 2 N–H and O–H groups in total. The average molecular weight is 398 g/mol. The lowest BCUT2D eigenvalue weighted by Gasteiger charge is -2.17. The van der Waals surface area contributed by atoms with E-state index in [0.717, 1.165) is 15.8 Å². The molecule has 0 aliphatic rings. The normalized spacial score (nSPS) is 11.8. The van der Waals surface area contributed by atoms with Gasteiger partial charge in [-0.3, -0.25) is 9.59 Å². The first kappa shape index (κ1) is 19.8. The number of halogens is 1. The lowest BCUT2D eigenvalue weighted by Crippen LogP contribution is -2.42. The van der Waals surface area contributed by atoms with Crippen molar-refractivity contribution in [1.82, 2.24) is 15.1 Å². The van der Waals surface area contributed by atoms with E-state index in [9.17, 15) is 14.7 Å². The number of benzene rings is 2. The van der Waals surface area contributed by atoms with Crippen molar-refractivity contribution in [3.05, 3.63) is 87.7 Å². The summed E-state index contributed by atoms with van der Waals surface area (Å²) in [5, 5.41) is 17.2. The zero-order valence-electron chi connectivity index (χ0n) is 15.1. The van der Waals surface area contributed by atoms with Crippen LogP contribution in [0.15, 0.2) is 71.5 Å². The van der Waals surface area contributed by atoms with Gasteiger partial charge in [-0.05, 0) is 30.2 Å². The van der Waals surface area contributed by atoms with Crippen molar-refractivity contribution in [3.8, 4) is 11.3 Å². The number of amides is 1. The van der Waals surface area contributed by atoms with Crippen LogP contribution in [0.1, 0.15) is 5.56 Å². The highest BCUT2D eigenvalue weighted by Crippen LogP contribution is 2.18. The van der Waals surface area contributed by atoms with Crippen LogP contribution in [0.25, 0.3) is 11.3 Å². The predicted octanol–water partition coefficient (Wildman–Crippen LogP) is 2.28. The number of aliphatic hydroxyl groups excluding tert-OH is 1. The van der Waals surface area contributed by atoms with Crippen molar-refractivity contribution >= 4 is 17.5 Å². The summed E-state index contributed by atoms with van der Waals surface area (Å²) in [5.74, 6) is -0.391. The molecular weight excluding hydrogens is 378 g/mol. The minimum atomic E-state index is -0.440. The number of hydrogen-bond acceptors (Lipinski definition) is 4. The van der Waals surface area contributed by atoms with Gasteiger partial charge < -0.3 is 10.4 Å². The molecule has 0 saturated heterocycles. The van der Waals surface area contributed by atoms with Gasteiger partial charge in [0.2, 0.25) is 5.91 Å². The largest absolute Gasteiger partial charge is 0.394 e. The summed E-state index contributed by atoms with van der Waals surface area (Å²) in [7, 11) is 0. The Labute approximate surface area is 167 Å². The Bertz CT molecular complexity index is 988. The molecule has 0 spiro atoms. The molecule has 7 heteroatoms. The summed E-state index contributed by atoms with van der Waals surface area (Å²) in [6.07, 6.45) is 0.496. The molecule has 0 bridgehead atoms. The smallest absolute Gasteiger partial charge is 0.267 e. The number of carbonyl (C=O) groups is 1. The minimum absolute atomic E-state index is 0.201. The number of nitrogens with one attached hydrogen (secondary N) is 1. The molecule has 0 fully saturated rings. The van der Waals surface area contributed by atoms with Gasteiger partial charge in [-0.25, -0.2) is 4.68 Å². The number of aliphatic hydroxyl groups is 1.